The second-order valence-electron chi connectivity index (χ2n) is 8.33. The molecule has 2 atom stereocenters. The molecule has 0 saturated carbocycles. The molecular weight excluding hydrogens is 442 g/mol. The fourth-order valence-corrected chi connectivity index (χ4v) is 5.83. The lowest BCUT2D eigenvalue weighted by molar-refractivity contribution is 0.503. The average molecular weight is 468 g/mol. The van der Waals surface area contributed by atoms with Crippen LogP contribution in [0.4, 0.5) is 0 Å². The minimum absolute atomic E-state index is 0.179. The summed E-state index contributed by atoms with van der Waals surface area (Å²) in [4.78, 5) is 4.71. The Kier molecular flexibility index (Phi) is 6.11. The molecule has 34 heavy (non-hydrogen) atoms. The summed E-state index contributed by atoms with van der Waals surface area (Å²) in [6, 6.07) is 33.1. The number of aromatic nitrogens is 1. The van der Waals surface area contributed by atoms with Crippen LogP contribution >= 0.6 is 0 Å². The summed E-state index contributed by atoms with van der Waals surface area (Å²) in [6.45, 7) is 0. The summed E-state index contributed by atoms with van der Waals surface area (Å²) in [5.41, 5.74) is 10.6. The topological polar surface area (TPSA) is 85.1 Å². The van der Waals surface area contributed by atoms with Crippen LogP contribution in [0.15, 0.2) is 109 Å². The fraction of sp³-hybridized carbons (Fsp3) is 0.107. The fourth-order valence-electron chi connectivity index (χ4n) is 4.38. The lowest BCUT2D eigenvalue weighted by atomic mass is 9.95. The molecule has 0 saturated heterocycles. The van der Waals surface area contributed by atoms with Gasteiger partial charge in [-0.1, -0.05) is 97.1 Å². The SMILES string of the molecule is NC(c1ccccc1)C(NS(=O)(=O)Cc1c2ccccc2nc2ccccc12)c1ccccc1. The Morgan fingerprint density at radius 2 is 1.15 bits per heavy atom. The largest absolute Gasteiger partial charge is 0.322 e. The summed E-state index contributed by atoms with van der Waals surface area (Å²) in [6.07, 6.45) is 0. The summed E-state index contributed by atoms with van der Waals surface area (Å²) in [5.74, 6) is -0.179. The van der Waals surface area contributed by atoms with Crippen LogP contribution in [0, 0.1) is 0 Å². The molecule has 0 amide bonds. The van der Waals surface area contributed by atoms with E-state index >= 15 is 0 Å². The van der Waals surface area contributed by atoms with Gasteiger partial charge in [0.25, 0.3) is 0 Å². The number of rotatable bonds is 7. The van der Waals surface area contributed by atoms with E-state index in [1.165, 1.54) is 0 Å². The Hall–Kier alpha value is -3.58. The van der Waals surface area contributed by atoms with Gasteiger partial charge in [-0.2, -0.15) is 0 Å². The molecule has 0 radical (unpaired) electrons. The third-order valence-corrected chi connectivity index (χ3v) is 7.32. The first-order valence-electron chi connectivity index (χ1n) is 11.1. The molecule has 0 fully saturated rings. The zero-order valence-electron chi connectivity index (χ0n) is 18.5. The lowest BCUT2D eigenvalue weighted by Crippen LogP contribution is -2.36. The normalized spacial score (nSPS) is 13.7. The van der Waals surface area contributed by atoms with E-state index in [-0.39, 0.29) is 5.75 Å². The standard InChI is InChI=1S/C28H25N3O2S/c29-27(20-11-3-1-4-12-20)28(21-13-5-2-6-14-21)31-34(32,33)19-24-22-15-7-9-17-25(22)30-26-18-10-8-16-23(24)26/h1-18,27-28,31H,19,29H2. The quantitative estimate of drug-likeness (QED) is 0.320. The molecule has 5 aromatic rings. The molecule has 0 aliphatic carbocycles. The Morgan fingerprint density at radius 1 is 0.676 bits per heavy atom. The van der Waals surface area contributed by atoms with E-state index in [1.807, 2.05) is 109 Å². The van der Waals surface area contributed by atoms with Crippen molar-refractivity contribution in [1.82, 2.24) is 9.71 Å². The van der Waals surface area contributed by atoms with E-state index in [1.54, 1.807) is 0 Å². The third-order valence-electron chi connectivity index (χ3n) is 6.04. The van der Waals surface area contributed by atoms with Gasteiger partial charge in [-0.05, 0) is 28.8 Å². The van der Waals surface area contributed by atoms with E-state index in [4.69, 9.17) is 10.7 Å². The van der Waals surface area contributed by atoms with Crippen molar-refractivity contribution in [1.29, 1.82) is 0 Å². The molecule has 5 rings (SSSR count). The van der Waals surface area contributed by atoms with Crippen molar-refractivity contribution in [2.75, 3.05) is 0 Å². The van der Waals surface area contributed by atoms with Crippen molar-refractivity contribution in [2.45, 2.75) is 17.8 Å². The highest BCUT2D eigenvalue weighted by Gasteiger charge is 2.27. The number of pyridine rings is 1. The van der Waals surface area contributed by atoms with Gasteiger partial charge in [-0.25, -0.2) is 18.1 Å². The van der Waals surface area contributed by atoms with Crippen LogP contribution in [0.5, 0.6) is 0 Å². The second kappa shape index (κ2) is 9.35. The number of hydrogen-bond acceptors (Lipinski definition) is 4. The van der Waals surface area contributed by atoms with Gasteiger partial charge < -0.3 is 5.73 Å². The number of sulfonamides is 1. The number of benzene rings is 4. The van der Waals surface area contributed by atoms with Crippen LogP contribution in [-0.4, -0.2) is 13.4 Å². The zero-order chi connectivity index (χ0) is 23.5. The maximum absolute atomic E-state index is 13.6. The monoisotopic (exact) mass is 467 g/mol. The average Bonchev–Trinajstić information content (AvgIpc) is 2.88. The Bertz CT molecular complexity index is 1480. The van der Waals surface area contributed by atoms with Crippen molar-refractivity contribution < 1.29 is 8.42 Å². The first-order valence-corrected chi connectivity index (χ1v) is 12.8. The van der Waals surface area contributed by atoms with Crippen LogP contribution in [0.25, 0.3) is 21.8 Å². The van der Waals surface area contributed by atoms with Crippen molar-refractivity contribution in [3.63, 3.8) is 0 Å². The minimum atomic E-state index is -3.78. The van der Waals surface area contributed by atoms with Crippen molar-refractivity contribution >= 4 is 31.8 Å². The van der Waals surface area contributed by atoms with E-state index in [0.29, 0.717) is 0 Å². The number of nitrogens with two attached hydrogens (primary N) is 1. The molecule has 6 heteroatoms. The smallest absolute Gasteiger partial charge is 0.216 e. The molecule has 5 nitrogen and oxygen atoms in total. The summed E-state index contributed by atoms with van der Waals surface area (Å²) in [7, 11) is -3.78. The van der Waals surface area contributed by atoms with Crippen LogP contribution in [-0.2, 0) is 15.8 Å². The molecule has 0 aliphatic rings. The molecule has 1 heterocycles. The molecule has 4 aromatic carbocycles. The number of para-hydroxylation sites is 2. The number of fused-ring (bicyclic) bond motifs is 2. The highest BCUT2D eigenvalue weighted by Crippen LogP contribution is 2.31. The first-order chi connectivity index (χ1) is 16.5. The predicted molar refractivity (Wildman–Crippen MR) is 138 cm³/mol. The molecule has 0 bridgehead atoms. The predicted octanol–water partition coefficient (Wildman–Crippen LogP) is 5.25. The van der Waals surface area contributed by atoms with E-state index < -0.39 is 22.1 Å². The van der Waals surface area contributed by atoms with Gasteiger partial charge in [0.2, 0.25) is 10.0 Å². The van der Waals surface area contributed by atoms with Crippen LogP contribution in [0.3, 0.4) is 0 Å². The molecule has 170 valence electrons. The maximum Gasteiger partial charge on any atom is 0.216 e. The number of nitrogens with zero attached hydrogens (tertiary/aromatic N) is 1. The van der Waals surface area contributed by atoms with Crippen LogP contribution in [0.1, 0.15) is 28.8 Å². The van der Waals surface area contributed by atoms with Crippen LogP contribution < -0.4 is 10.5 Å². The number of nitrogens with one attached hydrogen (secondary N) is 1. The molecule has 3 N–H and O–H groups in total. The Balaban J connectivity index is 1.56. The van der Waals surface area contributed by atoms with Crippen LogP contribution in [0.2, 0.25) is 0 Å². The van der Waals surface area contributed by atoms with Crippen molar-refractivity contribution in [2.24, 2.45) is 5.73 Å². The van der Waals surface area contributed by atoms with Crippen molar-refractivity contribution in [3.05, 3.63) is 126 Å². The van der Waals surface area contributed by atoms with Gasteiger partial charge in [-0.15, -0.1) is 0 Å². The maximum atomic E-state index is 13.6. The summed E-state index contributed by atoms with van der Waals surface area (Å²) >= 11 is 0. The minimum Gasteiger partial charge on any atom is -0.322 e. The van der Waals surface area contributed by atoms with Gasteiger partial charge >= 0.3 is 0 Å². The first kappa shape index (κ1) is 22.2. The summed E-state index contributed by atoms with van der Waals surface area (Å²) < 4.78 is 30.2. The Labute approximate surface area is 199 Å². The summed E-state index contributed by atoms with van der Waals surface area (Å²) in [5, 5.41) is 1.66. The lowest BCUT2D eigenvalue weighted by Gasteiger charge is -2.26. The zero-order valence-corrected chi connectivity index (χ0v) is 19.3. The van der Waals surface area contributed by atoms with Gasteiger partial charge in [0.15, 0.2) is 0 Å². The highest BCUT2D eigenvalue weighted by molar-refractivity contribution is 7.88. The van der Waals surface area contributed by atoms with E-state index in [2.05, 4.69) is 4.72 Å². The molecule has 2 unspecified atom stereocenters. The van der Waals surface area contributed by atoms with Gasteiger partial charge in [-0.3, -0.25) is 0 Å². The van der Waals surface area contributed by atoms with Gasteiger partial charge in [0.1, 0.15) is 0 Å². The van der Waals surface area contributed by atoms with Gasteiger partial charge in [0, 0.05) is 10.8 Å². The van der Waals surface area contributed by atoms with E-state index in [9.17, 15) is 8.42 Å². The third kappa shape index (κ3) is 4.56. The molecule has 0 aliphatic heterocycles. The van der Waals surface area contributed by atoms with Gasteiger partial charge in [0.05, 0.1) is 28.9 Å². The molecular formula is C28H25N3O2S. The van der Waals surface area contributed by atoms with E-state index in [0.717, 1.165) is 38.5 Å². The second-order valence-corrected chi connectivity index (χ2v) is 10.1. The molecule has 1 aromatic heterocycles. The van der Waals surface area contributed by atoms with Crippen molar-refractivity contribution in [3.8, 4) is 0 Å². The highest BCUT2D eigenvalue weighted by atomic mass is 32.2. The Morgan fingerprint density at radius 3 is 1.71 bits per heavy atom. The molecule has 0 spiro atoms. The number of hydrogen-bond donors (Lipinski definition) is 2.